The Morgan fingerprint density at radius 2 is 2.18 bits per heavy atom. The first kappa shape index (κ1) is 13.9. The van der Waals surface area contributed by atoms with Crippen molar-refractivity contribution in [2.24, 2.45) is 11.3 Å². The van der Waals surface area contributed by atoms with Gasteiger partial charge in [-0.25, -0.2) is 0 Å². The van der Waals surface area contributed by atoms with Crippen molar-refractivity contribution in [1.82, 2.24) is 0 Å². The highest BCUT2D eigenvalue weighted by Gasteiger charge is 2.33. The van der Waals surface area contributed by atoms with E-state index in [1.807, 2.05) is 0 Å². The second kappa shape index (κ2) is 5.95. The van der Waals surface area contributed by atoms with E-state index >= 15 is 0 Å². The van der Waals surface area contributed by atoms with Crippen LogP contribution in [-0.4, -0.2) is 12.6 Å². The van der Waals surface area contributed by atoms with Gasteiger partial charge in [-0.1, -0.05) is 26.0 Å². The SMILES string of the molecule is C=C1CCCC(C)(C)[C@H]1CC/C(C=O)=C\C=O. The Bertz CT molecular complexity index is 337. The van der Waals surface area contributed by atoms with Crippen molar-refractivity contribution in [3.05, 3.63) is 23.8 Å². The summed E-state index contributed by atoms with van der Waals surface area (Å²) in [5.41, 5.74) is 2.16. The number of carbonyl (C=O) groups is 2. The molecule has 1 rings (SSSR count). The highest BCUT2D eigenvalue weighted by atomic mass is 16.1. The van der Waals surface area contributed by atoms with E-state index in [-0.39, 0.29) is 5.41 Å². The van der Waals surface area contributed by atoms with Gasteiger partial charge in [-0.05, 0) is 55.1 Å². The summed E-state index contributed by atoms with van der Waals surface area (Å²) in [6.07, 6.45) is 7.96. The normalized spacial score (nSPS) is 24.5. The number of rotatable bonds is 5. The first-order chi connectivity index (χ1) is 8.01. The van der Waals surface area contributed by atoms with E-state index in [0.29, 0.717) is 24.2 Å². The Kier molecular flexibility index (Phi) is 4.86. The third kappa shape index (κ3) is 3.65. The van der Waals surface area contributed by atoms with Crippen LogP contribution in [0.15, 0.2) is 23.8 Å². The molecule has 1 aliphatic carbocycles. The number of carbonyl (C=O) groups excluding carboxylic acids is 2. The van der Waals surface area contributed by atoms with Crippen molar-refractivity contribution in [3.63, 3.8) is 0 Å². The quantitative estimate of drug-likeness (QED) is 0.414. The van der Waals surface area contributed by atoms with Gasteiger partial charge in [0.25, 0.3) is 0 Å². The minimum absolute atomic E-state index is 0.268. The average Bonchev–Trinajstić information content (AvgIpc) is 2.26. The molecule has 0 N–H and O–H groups in total. The summed E-state index contributed by atoms with van der Waals surface area (Å²) in [4.78, 5) is 21.1. The summed E-state index contributed by atoms with van der Waals surface area (Å²) < 4.78 is 0. The van der Waals surface area contributed by atoms with Crippen LogP contribution in [0.4, 0.5) is 0 Å². The van der Waals surface area contributed by atoms with Crippen LogP contribution in [0.3, 0.4) is 0 Å². The Hall–Kier alpha value is -1.18. The zero-order valence-electron chi connectivity index (χ0n) is 10.9. The van der Waals surface area contributed by atoms with E-state index < -0.39 is 0 Å². The fraction of sp³-hybridized carbons (Fsp3) is 0.600. The third-order valence-corrected chi connectivity index (χ3v) is 3.91. The molecule has 2 heteroatoms. The van der Waals surface area contributed by atoms with Gasteiger partial charge in [0, 0.05) is 0 Å². The summed E-state index contributed by atoms with van der Waals surface area (Å²) in [5, 5.41) is 0. The Balaban J connectivity index is 2.65. The Labute approximate surface area is 104 Å². The molecule has 94 valence electrons. The van der Waals surface area contributed by atoms with Gasteiger partial charge < -0.3 is 0 Å². The topological polar surface area (TPSA) is 34.1 Å². The molecule has 1 atom stereocenters. The molecule has 0 radical (unpaired) electrons. The molecule has 0 aromatic rings. The van der Waals surface area contributed by atoms with Crippen molar-refractivity contribution in [2.45, 2.75) is 46.0 Å². The third-order valence-electron chi connectivity index (χ3n) is 3.91. The molecular formula is C15H22O2. The van der Waals surface area contributed by atoms with Gasteiger partial charge in [0.05, 0.1) is 0 Å². The monoisotopic (exact) mass is 234 g/mol. The summed E-state index contributed by atoms with van der Waals surface area (Å²) in [5.74, 6) is 0.464. The van der Waals surface area contributed by atoms with E-state index in [9.17, 15) is 9.59 Å². The zero-order chi connectivity index (χ0) is 12.9. The van der Waals surface area contributed by atoms with Gasteiger partial charge in [0.2, 0.25) is 0 Å². The fourth-order valence-corrected chi connectivity index (χ4v) is 2.85. The van der Waals surface area contributed by atoms with Crippen molar-refractivity contribution in [3.8, 4) is 0 Å². The molecule has 1 fully saturated rings. The number of allylic oxidation sites excluding steroid dienone is 3. The minimum atomic E-state index is 0.268. The van der Waals surface area contributed by atoms with Crippen molar-refractivity contribution >= 4 is 12.6 Å². The standard InChI is InChI=1S/C15H22O2/c1-12-5-4-9-15(2,3)14(12)7-6-13(11-17)8-10-16/h8,10-11,14H,1,4-7,9H2,2-3H3/b13-8+/t14-/m0/s1. The second-order valence-corrected chi connectivity index (χ2v) is 5.59. The second-order valence-electron chi connectivity index (χ2n) is 5.59. The number of hydrogen-bond donors (Lipinski definition) is 0. The maximum Gasteiger partial charge on any atom is 0.146 e. The zero-order valence-corrected chi connectivity index (χ0v) is 10.9. The minimum Gasteiger partial charge on any atom is -0.299 e. The van der Waals surface area contributed by atoms with Crippen LogP contribution < -0.4 is 0 Å². The molecule has 0 saturated heterocycles. The van der Waals surface area contributed by atoms with Gasteiger partial charge in [0.1, 0.15) is 12.6 Å². The van der Waals surface area contributed by atoms with Gasteiger partial charge in [0.15, 0.2) is 0 Å². The smallest absolute Gasteiger partial charge is 0.146 e. The van der Waals surface area contributed by atoms with E-state index in [4.69, 9.17) is 0 Å². The summed E-state index contributed by atoms with van der Waals surface area (Å²) in [6.45, 7) is 8.70. The highest BCUT2D eigenvalue weighted by molar-refractivity contribution is 5.81. The molecule has 0 aromatic carbocycles. The van der Waals surface area contributed by atoms with E-state index in [0.717, 1.165) is 19.1 Å². The van der Waals surface area contributed by atoms with Crippen LogP contribution in [-0.2, 0) is 9.59 Å². The predicted molar refractivity (Wildman–Crippen MR) is 69.7 cm³/mol. The molecule has 17 heavy (non-hydrogen) atoms. The Morgan fingerprint density at radius 1 is 1.47 bits per heavy atom. The molecule has 1 saturated carbocycles. The van der Waals surface area contributed by atoms with Crippen LogP contribution in [0.25, 0.3) is 0 Å². The average molecular weight is 234 g/mol. The maximum absolute atomic E-state index is 10.8. The van der Waals surface area contributed by atoms with Crippen LogP contribution in [0.5, 0.6) is 0 Å². The highest BCUT2D eigenvalue weighted by Crippen LogP contribution is 2.45. The van der Waals surface area contributed by atoms with Crippen LogP contribution in [0, 0.1) is 11.3 Å². The lowest BCUT2D eigenvalue weighted by atomic mass is 9.65. The lowest BCUT2D eigenvalue weighted by Crippen LogP contribution is -2.29. The van der Waals surface area contributed by atoms with Gasteiger partial charge >= 0.3 is 0 Å². The van der Waals surface area contributed by atoms with Crippen molar-refractivity contribution in [2.75, 3.05) is 0 Å². The first-order valence-corrected chi connectivity index (χ1v) is 6.28. The number of hydrogen-bond acceptors (Lipinski definition) is 2. The van der Waals surface area contributed by atoms with E-state index in [1.165, 1.54) is 24.5 Å². The molecule has 2 nitrogen and oxygen atoms in total. The molecule has 0 heterocycles. The maximum atomic E-state index is 10.8. The van der Waals surface area contributed by atoms with E-state index in [1.54, 1.807) is 0 Å². The molecule has 0 amide bonds. The van der Waals surface area contributed by atoms with Crippen molar-refractivity contribution in [1.29, 1.82) is 0 Å². The largest absolute Gasteiger partial charge is 0.299 e. The molecule has 0 aliphatic heterocycles. The molecular weight excluding hydrogens is 212 g/mol. The predicted octanol–water partition coefficient (Wildman–Crippen LogP) is 3.47. The molecule has 0 aromatic heterocycles. The van der Waals surface area contributed by atoms with E-state index in [2.05, 4.69) is 20.4 Å². The van der Waals surface area contributed by atoms with Crippen LogP contribution in [0.1, 0.15) is 46.0 Å². The lowest BCUT2D eigenvalue weighted by molar-refractivity contribution is -0.106. The van der Waals surface area contributed by atoms with Gasteiger partial charge in [-0.3, -0.25) is 9.59 Å². The van der Waals surface area contributed by atoms with Crippen LogP contribution >= 0.6 is 0 Å². The summed E-state index contributed by atoms with van der Waals surface area (Å²) >= 11 is 0. The molecule has 0 unspecified atom stereocenters. The first-order valence-electron chi connectivity index (χ1n) is 6.28. The Morgan fingerprint density at radius 3 is 2.71 bits per heavy atom. The summed E-state index contributed by atoms with van der Waals surface area (Å²) in [7, 11) is 0. The molecule has 0 spiro atoms. The van der Waals surface area contributed by atoms with Gasteiger partial charge in [-0.15, -0.1) is 0 Å². The summed E-state index contributed by atoms with van der Waals surface area (Å²) in [6, 6.07) is 0. The number of aldehydes is 2. The van der Waals surface area contributed by atoms with Crippen LogP contribution in [0.2, 0.25) is 0 Å². The molecule has 1 aliphatic rings. The molecule has 0 bridgehead atoms. The van der Waals surface area contributed by atoms with Gasteiger partial charge in [-0.2, -0.15) is 0 Å². The fourth-order valence-electron chi connectivity index (χ4n) is 2.85. The lowest BCUT2D eigenvalue weighted by Gasteiger charge is -2.40. The van der Waals surface area contributed by atoms with Crippen molar-refractivity contribution < 1.29 is 9.59 Å².